The van der Waals surface area contributed by atoms with Crippen molar-refractivity contribution in [2.45, 2.75) is 24.9 Å². The summed E-state index contributed by atoms with van der Waals surface area (Å²) in [5.74, 6) is -2.29. The average Bonchev–Trinajstić information content (AvgIpc) is 3.06. The van der Waals surface area contributed by atoms with Crippen LogP contribution in [0.5, 0.6) is 11.5 Å². The zero-order valence-corrected chi connectivity index (χ0v) is 25.6. The summed E-state index contributed by atoms with van der Waals surface area (Å²) >= 11 is 0. The van der Waals surface area contributed by atoms with Gasteiger partial charge in [-0.1, -0.05) is 24.3 Å². The lowest BCUT2D eigenvalue weighted by molar-refractivity contribution is -0.134. The molecule has 1 saturated heterocycles. The van der Waals surface area contributed by atoms with Gasteiger partial charge in [0.15, 0.2) is 11.5 Å². The molecule has 47 heavy (non-hydrogen) atoms. The van der Waals surface area contributed by atoms with Crippen molar-refractivity contribution >= 4 is 22.9 Å². The number of halogens is 2. The molecule has 0 saturated carbocycles. The number of carboxylic acid groups (broad SMARTS) is 2. The van der Waals surface area contributed by atoms with Crippen LogP contribution >= 0.6 is 0 Å². The maximum Gasteiger partial charge on any atom is 0.336 e. The van der Waals surface area contributed by atoms with E-state index >= 15 is 0 Å². The lowest BCUT2D eigenvalue weighted by Gasteiger charge is -2.42. The fourth-order valence-electron chi connectivity index (χ4n) is 5.58. The number of hydrogen-bond acceptors (Lipinski definition) is 8. The molecule has 5 rings (SSSR count). The monoisotopic (exact) mass is 651 g/mol. The Balaban J connectivity index is 0.000000555. The van der Waals surface area contributed by atoms with E-state index in [9.17, 15) is 28.3 Å². The van der Waals surface area contributed by atoms with E-state index in [0.717, 1.165) is 44.3 Å². The van der Waals surface area contributed by atoms with Gasteiger partial charge in [0.05, 0.1) is 13.7 Å². The smallest absolute Gasteiger partial charge is 0.336 e. The molecule has 1 aliphatic heterocycles. The third-order valence-corrected chi connectivity index (χ3v) is 7.90. The number of ether oxygens (including phenoxy) is 2. The molecule has 0 amide bonds. The first-order chi connectivity index (χ1) is 22.5. The number of aliphatic carboxylic acids is 2. The lowest BCUT2D eigenvalue weighted by Crippen LogP contribution is -2.44. The molecule has 0 spiro atoms. The first-order valence-electron chi connectivity index (χ1n) is 14.8. The molecule has 4 aromatic rings. The highest BCUT2D eigenvalue weighted by atomic mass is 19.1. The quantitative estimate of drug-likeness (QED) is 0.112. The SMILES string of the molecule is COc1cc2ccc(=O)oc2cc1OCCCN1CCC(C(O)(c2ccc(F)cc2)c2ccc(F)cc2)CC1.O=C(O)C=CC(=O)O. The Kier molecular flexibility index (Phi) is 11.8. The Morgan fingerprint density at radius 1 is 0.894 bits per heavy atom. The lowest BCUT2D eigenvalue weighted by atomic mass is 9.72. The largest absolute Gasteiger partial charge is 0.493 e. The third kappa shape index (κ3) is 9.24. The van der Waals surface area contributed by atoms with Crippen molar-refractivity contribution in [3.05, 3.63) is 118 Å². The number of aliphatic hydroxyl groups is 1. The first-order valence-corrected chi connectivity index (χ1v) is 14.8. The second-order valence-electron chi connectivity index (χ2n) is 10.9. The number of carboxylic acids is 2. The van der Waals surface area contributed by atoms with Gasteiger partial charge in [-0.25, -0.2) is 23.2 Å². The fourth-order valence-corrected chi connectivity index (χ4v) is 5.58. The highest BCUT2D eigenvalue weighted by Gasteiger charge is 2.41. The van der Waals surface area contributed by atoms with Crippen LogP contribution in [-0.2, 0) is 15.2 Å². The van der Waals surface area contributed by atoms with Crippen molar-refractivity contribution in [3.63, 3.8) is 0 Å². The molecule has 0 radical (unpaired) electrons. The number of benzene rings is 3. The van der Waals surface area contributed by atoms with E-state index in [2.05, 4.69) is 4.90 Å². The Hall–Kier alpha value is -5.07. The van der Waals surface area contributed by atoms with Crippen molar-refractivity contribution in [3.8, 4) is 11.5 Å². The molecule has 10 nitrogen and oxygen atoms in total. The summed E-state index contributed by atoms with van der Waals surface area (Å²) in [4.78, 5) is 33.0. The normalized spacial score (nSPS) is 14.0. The standard InChI is InChI=1S/C31H31F2NO5.C4H4O4/c1-37-28-19-21-3-12-30(35)39-27(21)20-29(28)38-18-2-15-34-16-13-24(14-17-34)31(36,22-4-8-25(32)9-5-22)23-6-10-26(33)11-7-23;5-3(6)1-2-4(7)8/h3-12,19-20,24,36H,2,13-18H2,1H3;1-2H,(H,5,6)(H,7,8). The third-order valence-electron chi connectivity index (χ3n) is 7.90. The predicted molar refractivity (Wildman–Crippen MR) is 169 cm³/mol. The van der Waals surface area contributed by atoms with Crippen LogP contribution < -0.4 is 15.1 Å². The number of rotatable bonds is 11. The molecule has 0 atom stereocenters. The Morgan fingerprint density at radius 3 is 1.96 bits per heavy atom. The van der Waals surface area contributed by atoms with Gasteiger partial charge in [-0.3, -0.25) is 0 Å². The van der Waals surface area contributed by atoms with Gasteiger partial charge in [0.2, 0.25) is 0 Å². The molecular formula is C35H35F2NO9. The highest BCUT2D eigenvalue weighted by Crippen LogP contribution is 2.42. The van der Waals surface area contributed by atoms with E-state index in [-0.39, 0.29) is 17.6 Å². The molecule has 0 bridgehead atoms. The molecule has 1 fully saturated rings. The minimum atomic E-state index is -1.35. The van der Waals surface area contributed by atoms with E-state index < -0.39 is 23.2 Å². The molecule has 3 aromatic carbocycles. The van der Waals surface area contributed by atoms with Gasteiger partial charge in [-0.15, -0.1) is 0 Å². The number of piperidine rings is 1. The van der Waals surface area contributed by atoms with Gasteiger partial charge < -0.3 is 34.1 Å². The summed E-state index contributed by atoms with van der Waals surface area (Å²) in [6.07, 6.45) is 3.34. The van der Waals surface area contributed by atoms with Crippen LogP contribution in [0.3, 0.4) is 0 Å². The molecule has 2 heterocycles. The van der Waals surface area contributed by atoms with Gasteiger partial charge in [0.25, 0.3) is 0 Å². The van der Waals surface area contributed by atoms with Crippen LogP contribution in [0.4, 0.5) is 8.78 Å². The molecule has 0 unspecified atom stereocenters. The van der Waals surface area contributed by atoms with Crippen LogP contribution in [0, 0.1) is 17.6 Å². The van der Waals surface area contributed by atoms with E-state index in [1.54, 1.807) is 49.6 Å². The second kappa shape index (κ2) is 16.0. The van der Waals surface area contributed by atoms with Gasteiger partial charge >= 0.3 is 17.6 Å². The number of carbonyl (C=O) groups is 2. The summed E-state index contributed by atoms with van der Waals surface area (Å²) < 4.78 is 43.9. The van der Waals surface area contributed by atoms with Crippen molar-refractivity contribution in [2.75, 3.05) is 33.4 Å². The predicted octanol–water partition coefficient (Wildman–Crippen LogP) is 5.21. The van der Waals surface area contributed by atoms with E-state index in [1.165, 1.54) is 30.3 Å². The maximum atomic E-state index is 13.6. The fraction of sp³-hybridized carbons (Fsp3) is 0.286. The number of methoxy groups -OCH3 is 1. The van der Waals surface area contributed by atoms with Crippen molar-refractivity contribution in [2.24, 2.45) is 5.92 Å². The van der Waals surface area contributed by atoms with E-state index in [1.807, 2.05) is 0 Å². The Labute approximate surface area is 269 Å². The zero-order chi connectivity index (χ0) is 34.0. The summed E-state index contributed by atoms with van der Waals surface area (Å²) in [7, 11) is 1.57. The summed E-state index contributed by atoms with van der Waals surface area (Å²) in [6.45, 7) is 2.82. The molecule has 0 aliphatic carbocycles. The topological polar surface area (TPSA) is 147 Å². The molecule has 1 aliphatic rings. The molecular weight excluding hydrogens is 616 g/mol. The molecule has 1 aromatic heterocycles. The number of hydrogen-bond donors (Lipinski definition) is 3. The van der Waals surface area contributed by atoms with Crippen LogP contribution in [0.2, 0.25) is 0 Å². The number of fused-ring (bicyclic) bond motifs is 1. The van der Waals surface area contributed by atoms with Crippen molar-refractivity contribution in [1.29, 1.82) is 0 Å². The highest BCUT2D eigenvalue weighted by molar-refractivity contribution is 5.89. The van der Waals surface area contributed by atoms with Gasteiger partial charge in [0, 0.05) is 36.2 Å². The molecule has 3 N–H and O–H groups in total. The number of nitrogens with zero attached hydrogens (tertiary/aromatic N) is 1. The Morgan fingerprint density at radius 2 is 1.45 bits per heavy atom. The van der Waals surface area contributed by atoms with Gasteiger partial charge in [0.1, 0.15) is 22.8 Å². The minimum Gasteiger partial charge on any atom is -0.493 e. The molecule has 12 heteroatoms. The zero-order valence-electron chi connectivity index (χ0n) is 25.6. The maximum absolute atomic E-state index is 13.6. The van der Waals surface area contributed by atoms with E-state index in [0.29, 0.717) is 47.0 Å². The van der Waals surface area contributed by atoms with Crippen LogP contribution in [-0.4, -0.2) is 65.5 Å². The van der Waals surface area contributed by atoms with Crippen LogP contribution in [0.25, 0.3) is 11.0 Å². The van der Waals surface area contributed by atoms with Crippen LogP contribution in [0.15, 0.2) is 94.2 Å². The number of likely N-dealkylation sites (tertiary alicyclic amines) is 1. The minimum absolute atomic E-state index is 0.113. The molecule has 248 valence electrons. The summed E-state index contributed by atoms with van der Waals surface area (Å²) in [6, 6.07) is 18.3. The summed E-state index contributed by atoms with van der Waals surface area (Å²) in [5.41, 5.74) is -0.133. The van der Waals surface area contributed by atoms with Gasteiger partial charge in [-0.2, -0.15) is 0 Å². The summed E-state index contributed by atoms with van der Waals surface area (Å²) in [5, 5.41) is 28.4. The second-order valence-corrected chi connectivity index (χ2v) is 10.9. The van der Waals surface area contributed by atoms with Crippen molar-refractivity contribution < 1.29 is 47.6 Å². The van der Waals surface area contributed by atoms with Gasteiger partial charge in [-0.05, 0) is 85.8 Å². The van der Waals surface area contributed by atoms with E-state index in [4.69, 9.17) is 24.1 Å². The Bertz CT molecular complexity index is 1680. The van der Waals surface area contributed by atoms with Crippen LogP contribution in [0.1, 0.15) is 30.4 Å². The average molecular weight is 652 g/mol. The first kappa shape index (κ1) is 34.8. The van der Waals surface area contributed by atoms with Crippen molar-refractivity contribution in [1.82, 2.24) is 4.90 Å².